The van der Waals surface area contributed by atoms with E-state index in [-0.39, 0.29) is 30.5 Å². The van der Waals surface area contributed by atoms with Gasteiger partial charge in [0.1, 0.15) is 23.6 Å². The van der Waals surface area contributed by atoms with E-state index in [1.807, 2.05) is 18.2 Å². The minimum absolute atomic E-state index is 0. The van der Waals surface area contributed by atoms with Gasteiger partial charge in [0.15, 0.2) is 0 Å². The molecule has 0 aliphatic carbocycles. The molecule has 1 aromatic carbocycles. The van der Waals surface area contributed by atoms with E-state index in [0.29, 0.717) is 13.0 Å². The van der Waals surface area contributed by atoms with Gasteiger partial charge in [-0.3, -0.25) is 4.79 Å². The van der Waals surface area contributed by atoms with Gasteiger partial charge in [0.25, 0.3) is 0 Å². The molecule has 1 N–H and O–H groups in total. The summed E-state index contributed by atoms with van der Waals surface area (Å²) in [6.07, 6.45) is 0.555. The number of methoxy groups -OCH3 is 2. The third kappa shape index (κ3) is 4.01. The van der Waals surface area contributed by atoms with Crippen molar-refractivity contribution in [2.75, 3.05) is 20.8 Å². The van der Waals surface area contributed by atoms with Crippen molar-refractivity contribution in [2.45, 2.75) is 18.6 Å². The Bertz CT molecular complexity index is 472. The molecule has 1 saturated heterocycles. The van der Waals surface area contributed by atoms with Crippen LogP contribution in [0, 0.1) is 0 Å². The molecule has 0 bridgehead atoms. The van der Waals surface area contributed by atoms with E-state index in [4.69, 9.17) is 14.2 Å². The largest absolute Gasteiger partial charge is 0.497 e. The van der Waals surface area contributed by atoms with Crippen molar-refractivity contribution in [1.82, 2.24) is 5.32 Å². The highest BCUT2D eigenvalue weighted by Crippen LogP contribution is 2.30. The number of ether oxygens (including phenoxy) is 3. The lowest BCUT2D eigenvalue weighted by atomic mass is 10.2. The number of benzene rings is 1. The molecular formula is C13H17BrClNO4. The minimum atomic E-state index is -0.285. The van der Waals surface area contributed by atoms with E-state index in [9.17, 15) is 4.79 Å². The van der Waals surface area contributed by atoms with Crippen LogP contribution in [0.15, 0.2) is 22.7 Å². The van der Waals surface area contributed by atoms with Crippen molar-refractivity contribution in [3.05, 3.63) is 22.7 Å². The second-order valence-electron chi connectivity index (χ2n) is 4.26. The van der Waals surface area contributed by atoms with E-state index in [2.05, 4.69) is 21.2 Å². The second-order valence-corrected chi connectivity index (χ2v) is 5.11. The van der Waals surface area contributed by atoms with Gasteiger partial charge >= 0.3 is 5.97 Å². The molecule has 1 aliphatic heterocycles. The minimum Gasteiger partial charge on any atom is -0.497 e. The molecule has 0 aromatic heterocycles. The van der Waals surface area contributed by atoms with Gasteiger partial charge in [-0.25, -0.2) is 0 Å². The molecule has 2 rings (SSSR count). The first-order chi connectivity index (χ1) is 9.13. The monoisotopic (exact) mass is 365 g/mol. The van der Waals surface area contributed by atoms with Gasteiger partial charge in [0.2, 0.25) is 0 Å². The van der Waals surface area contributed by atoms with Crippen molar-refractivity contribution in [1.29, 1.82) is 0 Å². The number of carbonyl (C=O) groups excluding carboxylic acids is 1. The fourth-order valence-electron chi connectivity index (χ4n) is 2.00. The van der Waals surface area contributed by atoms with Crippen LogP contribution < -0.4 is 14.8 Å². The first kappa shape index (κ1) is 17.1. The fraction of sp³-hybridized carbons (Fsp3) is 0.462. The van der Waals surface area contributed by atoms with Crippen LogP contribution in [-0.4, -0.2) is 38.9 Å². The van der Waals surface area contributed by atoms with Crippen LogP contribution in [0.4, 0.5) is 0 Å². The molecule has 112 valence electrons. The van der Waals surface area contributed by atoms with Crippen molar-refractivity contribution in [3.63, 3.8) is 0 Å². The molecule has 1 aliphatic rings. The average molecular weight is 367 g/mol. The van der Waals surface area contributed by atoms with Crippen LogP contribution in [0.5, 0.6) is 11.5 Å². The third-order valence-corrected chi connectivity index (χ3v) is 3.63. The molecule has 20 heavy (non-hydrogen) atoms. The zero-order valence-electron chi connectivity index (χ0n) is 11.2. The predicted octanol–water partition coefficient (Wildman–Crippen LogP) is 2.16. The average Bonchev–Trinajstić information content (AvgIpc) is 2.88. The third-order valence-electron chi connectivity index (χ3n) is 3.01. The smallest absolute Gasteiger partial charge is 0.323 e. The summed E-state index contributed by atoms with van der Waals surface area (Å²) in [7, 11) is 3.00. The summed E-state index contributed by atoms with van der Waals surface area (Å²) >= 11 is 3.44. The number of halogens is 2. The van der Waals surface area contributed by atoms with Gasteiger partial charge in [-0.1, -0.05) is 0 Å². The summed E-state index contributed by atoms with van der Waals surface area (Å²) in [5, 5.41) is 3.08. The lowest BCUT2D eigenvalue weighted by Crippen LogP contribution is -2.31. The molecule has 0 spiro atoms. The highest BCUT2D eigenvalue weighted by molar-refractivity contribution is 9.10. The van der Waals surface area contributed by atoms with Crippen molar-refractivity contribution in [2.24, 2.45) is 0 Å². The van der Waals surface area contributed by atoms with E-state index in [0.717, 1.165) is 16.0 Å². The maximum absolute atomic E-state index is 11.4. The Kier molecular flexibility index (Phi) is 6.58. The van der Waals surface area contributed by atoms with Gasteiger partial charge in [-0.2, -0.15) is 0 Å². The Morgan fingerprint density at radius 3 is 2.75 bits per heavy atom. The summed E-state index contributed by atoms with van der Waals surface area (Å²) in [6, 6.07) is 5.23. The molecule has 1 heterocycles. The lowest BCUT2D eigenvalue weighted by molar-refractivity contribution is -0.142. The number of carbonyl (C=O) groups is 1. The highest BCUT2D eigenvalue weighted by Gasteiger charge is 2.31. The Labute approximate surface area is 132 Å². The van der Waals surface area contributed by atoms with Crippen LogP contribution in [0.3, 0.4) is 0 Å². The number of rotatable bonds is 4. The van der Waals surface area contributed by atoms with Gasteiger partial charge in [0.05, 0.1) is 18.7 Å². The Balaban J connectivity index is 0.00000200. The van der Waals surface area contributed by atoms with Crippen molar-refractivity contribution >= 4 is 34.3 Å². The van der Waals surface area contributed by atoms with Gasteiger partial charge in [-0.15, -0.1) is 12.4 Å². The van der Waals surface area contributed by atoms with Gasteiger partial charge < -0.3 is 19.5 Å². The molecule has 2 atom stereocenters. The maximum atomic E-state index is 11.4. The lowest BCUT2D eigenvalue weighted by Gasteiger charge is -2.14. The standard InChI is InChI=1S/C13H16BrNO4.ClH/c1-17-8-3-4-12(10(14)5-8)19-9-6-11(15-7-9)13(16)18-2;/h3-5,9,11,15H,6-7H2,1-2H3;1H/t9-,11+;/m1./s1. The van der Waals surface area contributed by atoms with Crippen LogP contribution >= 0.6 is 28.3 Å². The highest BCUT2D eigenvalue weighted by atomic mass is 79.9. The zero-order chi connectivity index (χ0) is 13.8. The molecule has 0 saturated carbocycles. The summed E-state index contributed by atoms with van der Waals surface area (Å²) in [4.78, 5) is 11.4. The van der Waals surface area contributed by atoms with Crippen molar-refractivity contribution < 1.29 is 19.0 Å². The molecular weight excluding hydrogens is 350 g/mol. The normalized spacial score (nSPS) is 20.9. The molecule has 0 unspecified atom stereocenters. The number of hydrogen-bond donors (Lipinski definition) is 1. The van der Waals surface area contributed by atoms with E-state index >= 15 is 0 Å². The van der Waals surface area contributed by atoms with E-state index < -0.39 is 0 Å². The van der Waals surface area contributed by atoms with E-state index in [1.54, 1.807) is 7.11 Å². The van der Waals surface area contributed by atoms with Crippen LogP contribution in [0.1, 0.15) is 6.42 Å². The predicted molar refractivity (Wildman–Crippen MR) is 80.8 cm³/mol. The summed E-state index contributed by atoms with van der Waals surface area (Å²) in [6.45, 7) is 0.623. The van der Waals surface area contributed by atoms with E-state index in [1.165, 1.54) is 7.11 Å². The zero-order valence-corrected chi connectivity index (χ0v) is 13.6. The van der Waals surface area contributed by atoms with Crippen molar-refractivity contribution in [3.8, 4) is 11.5 Å². The van der Waals surface area contributed by atoms with Gasteiger partial charge in [-0.05, 0) is 34.1 Å². The summed E-state index contributed by atoms with van der Waals surface area (Å²) in [5.41, 5.74) is 0. The Morgan fingerprint density at radius 2 is 2.15 bits per heavy atom. The quantitative estimate of drug-likeness (QED) is 0.828. The summed E-state index contributed by atoms with van der Waals surface area (Å²) < 4.78 is 16.5. The number of hydrogen-bond acceptors (Lipinski definition) is 5. The number of esters is 1. The molecule has 1 aromatic rings. The Hall–Kier alpha value is -0.980. The molecule has 7 heteroatoms. The summed E-state index contributed by atoms with van der Waals surface area (Å²) in [5.74, 6) is 1.24. The Morgan fingerprint density at radius 1 is 1.40 bits per heavy atom. The maximum Gasteiger partial charge on any atom is 0.323 e. The topological polar surface area (TPSA) is 56.8 Å². The van der Waals surface area contributed by atoms with Crippen LogP contribution in [0.25, 0.3) is 0 Å². The number of nitrogens with one attached hydrogen (secondary N) is 1. The molecule has 0 amide bonds. The first-order valence-corrected chi connectivity index (χ1v) is 6.74. The molecule has 0 radical (unpaired) electrons. The van der Waals surface area contributed by atoms with Crippen LogP contribution in [-0.2, 0) is 9.53 Å². The SMILES string of the molecule is COC(=O)[C@@H]1C[C@@H](Oc2ccc(OC)cc2Br)CN1.Cl. The fourth-order valence-corrected chi connectivity index (χ4v) is 2.45. The van der Waals surface area contributed by atoms with Gasteiger partial charge in [0, 0.05) is 13.0 Å². The molecule has 1 fully saturated rings. The molecule has 5 nitrogen and oxygen atoms in total. The van der Waals surface area contributed by atoms with Crippen LogP contribution in [0.2, 0.25) is 0 Å². The first-order valence-electron chi connectivity index (χ1n) is 5.95. The second kappa shape index (κ2) is 7.71.